The Labute approximate surface area is 224 Å². The molecule has 1 heterocycles. The molecule has 0 radical (unpaired) electrons. The van der Waals surface area contributed by atoms with E-state index in [4.69, 9.17) is 9.47 Å². The summed E-state index contributed by atoms with van der Waals surface area (Å²) in [5, 5.41) is 24.5. The van der Waals surface area contributed by atoms with Crippen molar-refractivity contribution in [2.24, 2.45) is 0 Å². The van der Waals surface area contributed by atoms with Crippen LogP contribution in [-0.2, 0) is 9.59 Å². The lowest BCUT2D eigenvalue weighted by Gasteiger charge is -2.12. The van der Waals surface area contributed by atoms with Gasteiger partial charge in [-0.15, -0.1) is 0 Å². The fraction of sp³-hybridized carbons (Fsp3) is 0.0800. The van der Waals surface area contributed by atoms with E-state index in [2.05, 4.69) is 5.32 Å². The number of thioether (sulfide) groups is 1. The molecule has 0 bridgehead atoms. The van der Waals surface area contributed by atoms with Crippen molar-refractivity contribution in [2.75, 3.05) is 19.0 Å². The normalized spacial score (nSPS) is 13.9. The fourth-order valence-electron chi connectivity index (χ4n) is 3.48. The average Bonchev–Trinajstić information content (AvgIpc) is 3.16. The number of nitrogens with one attached hydrogen (secondary N) is 1. The number of nitrogens with zero attached hydrogens (tertiary/aromatic N) is 3. The van der Waals surface area contributed by atoms with Crippen LogP contribution in [0.3, 0.4) is 0 Å². The van der Waals surface area contributed by atoms with E-state index in [1.807, 2.05) is 0 Å². The summed E-state index contributed by atoms with van der Waals surface area (Å²) >= 11 is 0.649. The highest BCUT2D eigenvalue weighted by Gasteiger charge is 2.36. The monoisotopic (exact) mass is 550 g/mol. The van der Waals surface area contributed by atoms with Crippen LogP contribution in [0.15, 0.2) is 71.6 Å². The molecule has 0 saturated carbocycles. The lowest BCUT2D eigenvalue weighted by atomic mass is 10.1. The number of para-hydroxylation sites is 1. The number of rotatable bonds is 9. The molecular formula is C25H18N4O9S. The van der Waals surface area contributed by atoms with E-state index in [9.17, 15) is 34.6 Å². The zero-order chi connectivity index (χ0) is 28.1. The number of imide groups is 1. The Kier molecular flexibility index (Phi) is 7.86. The molecule has 1 aliphatic heterocycles. The van der Waals surface area contributed by atoms with Crippen molar-refractivity contribution in [3.8, 4) is 17.2 Å². The first-order valence-electron chi connectivity index (χ1n) is 11.0. The van der Waals surface area contributed by atoms with Crippen LogP contribution in [0, 0.1) is 20.2 Å². The van der Waals surface area contributed by atoms with Crippen LogP contribution < -0.4 is 14.8 Å². The van der Waals surface area contributed by atoms with E-state index in [0.29, 0.717) is 23.0 Å². The molecule has 1 aliphatic rings. The van der Waals surface area contributed by atoms with E-state index in [1.54, 1.807) is 36.4 Å². The molecule has 39 heavy (non-hydrogen) atoms. The Morgan fingerprint density at radius 2 is 1.69 bits per heavy atom. The lowest BCUT2D eigenvalue weighted by Crippen LogP contribution is -2.36. The molecule has 0 aromatic heterocycles. The second kappa shape index (κ2) is 11.4. The standard InChI is InChI=1S/C25H18N4O9S/c1-37-20-9-7-15(11-21(20)38-19-10-8-17(28(33)34)13-18(19)29(35)36)12-22-24(31)27(25(32)39-22)14-23(30)26-16-5-3-2-4-6-16/h2-13H,14H2,1H3,(H,26,30)/b22-12-. The molecule has 4 rings (SSSR count). The third-order valence-electron chi connectivity index (χ3n) is 5.29. The van der Waals surface area contributed by atoms with E-state index in [0.717, 1.165) is 23.1 Å². The van der Waals surface area contributed by atoms with Gasteiger partial charge in [-0.2, -0.15) is 0 Å². The first-order chi connectivity index (χ1) is 18.7. The second-order valence-electron chi connectivity index (χ2n) is 7.86. The summed E-state index contributed by atoms with van der Waals surface area (Å²) in [4.78, 5) is 59.4. The number of anilines is 1. The smallest absolute Gasteiger partial charge is 0.318 e. The number of nitro benzene ring substituents is 2. The SMILES string of the molecule is COc1ccc(/C=C2\SC(=O)N(CC(=O)Nc3ccccc3)C2=O)cc1Oc1ccc([N+](=O)[O-])cc1[N+](=O)[O-]. The molecule has 14 heteroatoms. The van der Waals surface area contributed by atoms with Gasteiger partial charge in [0.05, 0.1) is 27.9 Å². The number of amides is 3. The molecule has 3 aromatic rings. The largest absolute Gasteiger partial charge is 0.493 e. The van der Waals surface area contributed by atoms with Crippen LogP contribution in [0.5, 0.6) is 17.2 Å². The van der Waals surface area contributed by atoms with Gasteiger partial charge in [0.1, 0.15) is 6.54 Å². The van der Waals surface area contributed by atoms with Crippen LogP contribution in [0.1, 0.15) is 5.56 Å². The van der Waals surface area contributed by atoms with E-state index >= 15 is 0 Å². The highest BCUT2D eigenvalue weighted by Crippen LogP contribution is 2.39. The molecule has 1 saturated heterocycles. The molecule has 0 unspecified atom stereocenters. The number of carbonyl (C=O) groups is 3. The summed E-state index contributed by atoms with van der Waals surface area (Å²) in [5.74, 6) is -1.28. The van der Waals surface area contributed by atoms with Crippen molar-refractivity contribution in [3.63, 3.8) is 0 Å². The van der Waals surface area contributed by atoms with Crippen LogP contribution in [-0.4, -0.2) is 45.5 Å². The third kappa shape index (κ3) is 6.19. The number of non-ortho nitro benzene ring substituents is 1. The van der Waals surface area contributed by atoms with Crippen molar-refractivity contribution >= 4 is 52.0 Å². The molecule has 198 valence electrons. The molecule has 3 aromatic carbocycles. The molecule has 0 spiro atoms. The van der Waals surface area contributed by atoms with Crippen LogP contribution in [0.4, 0.5) is 21.9 Å². The van der Waals surface area contributed by atoms with E-state index in [1.165, 1.54) is 25.3 Å². The molecule has 0 atom stereocenters. The van der Waals surface area contributed by atoms with Gasteiger partial charge >= 0.3 is 5.69 Å². The maximum atomic E-state index is 12.9. The number of ether oxygens (including phenoxy) is 2. The lowest BCUT2D eigenvalue weighted by molar-refractivity contribution is -0.394. The maximum absolute atomic E-state index is 12.9. The van der Waals surface area contributed by atoms with Crippen LogP contribution >= 0.6 is 11.8 Å². The zero-order valence-corrected chi connectivity index (χ0v) is 20.9. The van der Waals surface area contributed by atoms with Crippen molar-refractivity contribution in [3.05, 3.63) is 97.4 Å². The summed E-state index contributed by atoms with van der Waals surface area (Å²) in [7, 11) is 1.35. The third-order valence-corrected chi connectivity index (χ3v) is 6.20. The molecule has 3 amide bonds. The molecule has 1 N–H and O–H groups in total. The average molecular weight is 551 g/mol. The Morgan fingerprint density at radius 1 is 0.974 bits per heavy atom. The van der Waals surface area contributed by atoms with Gasteiger partial charge in [0.25, 0.3) is 16.8 Å². The minimum Gasteiger partial charge on any atom is -0.493 e. The van der Waals surface area contributed by atoms with Gasteiger partial charge < -0.3 is 14.8 Å². The van der Waals surface area contributed by atoms with E-state index < -0.39 is 44.8 Å². The van der Waals surface area contributed by atoms with Gasteiger partial charge in [0.15, 0.2) is 11.5 Å². The predicted octanol–water partition coefficient (Wildman–Crippen LogP) is 4.98. The minimum atomic E-state index is -0.817. The van der Waals surface area contributed by atoms with Crippen LogP contribution in [0.2, 0.25) is 0 Å². The summed E-state index contributed by atoms with van der Waals surface area (Å²) in [5.41, 5.74) is -0.215. The quantitative estimate of drug-likeness (QED) is 0.218. The Morgan fingerprint density at radius 3 is 2.36 bits per heavy atom. The predicted molar refractivity (Wildman–Crippen MR) is 141 cm³/mol. The number of benzene rings is 3. The molecule has 0 aliphatic carbocycles. The summed E-state index contributed by atoms with van der Waals surface area (Å²) in [6.07, 6.45) is 1.40. The Hall–Kier alpha value is -5.24. The van der Waals surface area contributed by atoms with Gasteiger partial charge in [-0.25, -0.2) is 0 Å². The van der Waals surface area contributed by atoms with Crippen LogP contribution in [0.25, 0.3) is 6.08 Å². The molecular weight excluding hydrogens is 532 g/mol. The topological polar surface area (TPSA) is 171 Å². The van der Waals surface area contributed by atoms with Crippen molar-refractivity contribution in [2.45, 2.75) is 0 Å². The summed E-state index contributed by atoms with van der Waals surface area (Å²) in [6, 6.07) is 15.9. The highest BCUT2D eigenvalue weighted by atomic mass is 32.2. The maximum Gasteiger partial charge on any atom is 0.318 e. The fourth-order valence-corrected chi connectivity index (χ4v) is 4.32. The number of hydrogen-bond donors (Lipinski definition) is 1. The number of methoxy groups -OCH3 is 1. The first-order valence-corrected chi connectivity index (χ1v) is 11.9. The number of carbonyl (C=O) groups excluding carboxylic acids is 3. The Balaban J connectivity index is 1.56. The van der Waals surface area contributed by atoms with Gasteiger partial charge in [-0.1, -0.05) is 24.3 Å². The Bertz CT molecular complexity index is 1530. The van der Waals surface area contributed by atoms with Crippen molar-refractivity contribution in [1.29, 1.82) is 0 Å². The van der Waals surface area contributed by atoms with Gasteiger partial charge in [0.2, 0.25) is 11.7 Å². The van der Waals surface area contributed by atoms with Crippen molar-refractivity contribution < 1.29 is 33.7 Å². The second-order valence-corrected chi connectivity index (χ2v) is 8.85. The summed E-state index contributed by atoms with van der Waals surface area (Å²) in [6.45, 7) is -0.475. The minimum absolute atomic E-state index is 0.0182. The van der Waals surface area contributed by atoms with Gasteiger partial charge in [-0.3, -0.25) is 39.5 Å². The first kappa shape index (κ1) is 26.8. The van der Waals surface area contributed by atoms with Gasteiger partial charge in [-0.05, 0) is 53.7 Å². The molecule has 1 fully saturated rings. The van der Waals surface area contributed by atoms with E-state index in [-0.39, 0.29) is 22.2 Å². The zero-order valence-electron chi connectivity index (χ0n) is 20.1. The van der Waals surface area contributed by atoms with Gasteiger partial charge in [0, 0.05) is 11.8 Å². The number of nitro groups is 2. The highest BCUT2D eigenvalue weighted by molar-refractivity contribution is 8.18. The summed E-state index contributed by atoms with van der Waals surface area (Å²) < 4.78 is 10.9. The number of hydrogen-bond acceptors (Lipinski definition) is 10. The van der Waals surface area contributed by atoms with Crippen molar-refractivity contribution in [1.82, 2.24) is 4.90 Å². The molecule has 13 nitrogen and oxygen atoms in total.